The van der Waals surface area contributed by atoms with Gasteiger partial charge in [0.25, 0.3) is 0 Å². The van der Waals surface area contributed by atoms with Crippen LogP contribution in [0.4, 0.5) is 0 Å². The Kier molecular flexibility index (Phi) is 6.10. The number of ether oxygens (including phenoxy) is 1. The topological polar surface area (TPSA) is 72.2 Å². The van der Waals surface area contributed by atoms with Gasteiger partial charge in [-0.15, -0.1) is 5.10 Å². The molecular weight excluding hydrogens is 414 g/mol. The van der Waals surface area contributed by atoms with Crippen LogP contribution < -0.4 is 4.74 Å². The Morgan fingerprint density at radius 3 is 2.58 bits per heavy atom. The van der Waals surface area contributed by atoms with E-state index in [1.165, 1.54) is 5.56 Å². The second-order valence-corrected chi connectivity index (χ2v) is 8.41. The first-order valence-electron chi connectivity index (χ1n) is 11.1. The summed E-state index contributed by atoms with van der Waals surface area (Å²) in [6.07, 6.45) is 5.26. The first-order chi connectivity index (χ1) is 16.1. The van der Waals surface area contributed by atoms with E-state index in [0.717, 1.165) is 55.2 Å². The lowest BCUT2D eigenvalue weighted by Crippen LogP contribution is -2.43. The number of likely N-dealkylation sites (N-methyl/N-ethyl adjacent to an activating group) is 1. The minimum absolute atomic E-state index is 0.314. The molecule has 0 aliphatic carbocycles. The van der Waals surface area contributed by atoms with Crippen molar-refractivity contribution in [2.24, 2.45) is 0 Å². The molecule has 5 rings (SSSR count). The van der Waals surface area contributed by atoms with Gasteiger partial charge in [0.15, 0.2) is 0 Å². The SMILES string of the molecule is Cc1ccc(-n2cc(-c3cccc(CN4CCN(C)CC4)c3)nn2)cc1Oc1ncccn1. The number of rotatable bonds is 6. The van der Waals surface area contributed by atoms with Crippen LogP contribution in [0.15, 0.2) is 67.1 Å². The number of hydrogen-bond acceptors (Lipinski definition) is 7. The van der Waals surface area contributed by atoms with Gasteiger partial charge in [-0.1, -0.05) is 29.5 Å². The van der Waals surface area contributed by atoms with Crippen LogP contribution in [0.5, 0.6) is 11.8 Å². The molecule has 3 heterocycles. The van der Waals surface area contributed by atoms with Gasteiger partial charge in [-0.25, -0.2) is 14.6 Å². The van der Waals surface area contributed by atoms with Gasteiger partial charge >= 0.3 is 6.01 Å². The van der Waals surface area contributed by atoms with Crippen LogP contribution in [0.25, 0.3) is 16.9 Å². The summed E-state index contributed by atoms with van der Waals surface area (Å²) in [5.41, 5.74) is 5.04. The number of benzene rings is 2. The summed E-state index contributed by atoms with van der Waals surface area (Å²) in [6.45, 7) is 7.38. The molecule has 2 aromatic heterocycles. The first kappa shape index (κ1) is 21.2. The Bertz CT molecular complexity index is 1220. The predicted molar refractivity (Wildman–Crippen MR) is 126 cm³/mol. The monoisotopic (exact) mass is 441 g/mol. The molecule has 1 aliphatic rings. The molecule has 0 bridgehead atoms. The quantitative estimate of drug-likeness (QED) is 0.453. The van der Waals surface area contributed by atoms with Crippen molar-refractivity contribution in [3.63, 3.8) is 0 Å². The molecule has 33 heavy (non-hydrogen) atoms. The average Bonchev–Trinajstić information content (AvgIpc) is 3.33. The van der Waals surface area contributed by atoms with Gasteiger partial charge in [-0.05, 0) is 43.3 Å². The van der Waals surface area contributed by atoms with Crippen molar-refractivity contribution in [2.75, 3.05) is 33.2 Å². The second kappa shape index (κ2) is 9.48. The Morgan fingerprint density at radius 1 is 0.939 bits per heavy atom. The highest BCUT2D eigenvalue weighted by Crippen LogP contribution is 2.26. The first-order valence-corrected chi connectivity index (χ1v) is 11.1. The molecule has 0 spiro atoms. The predicted octanol–water partition coefficient (Wildman–Crippen LogP) is 3.57. The van der Waals surface area contributed by atoms with Crippen LogP contribution >= 0.6 is 0 Å². The smallest absolute Gasteiger partial charge is 0.321 e. The fourth-order valence-corrected chi connectivity index (χ4v) is 3.89. The summed E-state index contributed by atoms with van der Waals surface area (Å²) in [5, 5.41) is 8.78. The van der Waals surface area contributed by atoms with E-state index in [2.05, 4.69) is 61.4 Å². The van der Waals surface area contributed by atoms with E-state index in [-0.39, 0.29) is 0 Å². The number of piperazine rings is 1. The zero-order chi connectivity index (χ0) is 22.6. The molecule has 8 heteroatoms. The lowest BCUT2D eigenvalue weighted by Gasteiger charge is -2.32. The summed E-state index contributed by atoms with van der Waals surface area (Å²) < 4.78 is 7.63. The normalized spacial score (nSPS) is 15.0. The highest BCUT2D eigenvalue weighted by Gasteiger charge is 2.15. The van der Waals surface area contributed by atoms with Gasteiger partial charge in [0.1, 0.15) is 11.4 Å². The summed E-state index contributed by atoms with van der Waals surface area (Å²) in [7, 11) is 2.18. The largest absolute Gasteiger partial charge is 0.424 e. The number of aryl methyl sites for hydroxylation is 1. The fraction of sp³-hybridized carbons (Fsp3) is 0.280. The lowest BCUT2D eigenvalue weighted by molar-refractivity contribution is 0.148. The average molecular weight is 442 g/mol. The van der Waals surface area contributed by atoms with Crippen molar-refractivity contribution in [2.45, 2.75) is 13.5 Å². The summed E-state index contributed by atoms with van der Waals surface area (Å²) in [5.74, 6) is 0.685. The molecule has 0 atom stereocenters. The third kappa shape index (κ3) is 5.08. The highest BCUT2D eigenvalue weighted by atomic mass is 16.5. The zero-order valence-corrected chi connectivity index (χ0v) is 18.9. The van der Waals surface area contributed by atoms with Crippen molar-refractivity contribution < 1.29 is 4.74 Å². The van der Waals surface area contributed by atoms with Crippen molar-refractivity contribution in [3.05, 3.63) is 78.2 Å². The van der Waals surface area contributed by atoms with E-state index in [1.54, 1.807) is 23.1 Å². The summed E-state index contributed by atoms with van der Waals surface area (Å²) in [6, 6.07) is 16.6. The fourth-order valence-electron chi connectivity index (χ4n) is 3.89. The summed E-state index contributed by atoms with van der Waals surface area (Å²) >= 11 is 0. The number of aromatic nitrogens is 5. The van der Waals surface area contributed by atoms with Crippen LogP contribution in [0.3, 0.4) is 0 Å². The molecule has 1 fully saturated rings. The maximum atomic E-state index is 5.87. The third-order valence-electron chi connectivity index (χ3n) is 5.90. The minimum atomic E-state index is 0.314. The van der Waals surface area contributed by atoms with Gasteiger partial charge < -0.3 is 9.64 Å². The Morgan fingerprint density at radius 2 is 1.76 bits per heavy atom. The van der Waals surface area contributed by atoms with Gasteiger partial charge in [0.05, 0.1) is 11.9 Å². The van der Waals surface area contributed by atoms with E-state index in [4.69, 9.17) is 4.74 Å². The van der Waals surface area contributed by atoms with E-state index in [1.807, 2.05) is 31.3 Å². The molecular formula is C25H27N7O. The van der Waals surface area contributed by atoms with Crippen molar-refractivity contribution in [1.29, 1.82) is 0 Å². The van der Waals surface area contributed by atoms with Crippen molar-refractivity contribution >= 4 is 0 Å². The van der Waals surface area contributed by atoms with Crippen LogP contribution in [-0.2, 0) is 6.54 Å². The maximum absolute atomic E-state index is 5.87. The van der Waals surface area contributed by atoms with Crippen LogP contribution in [0.1, 0.15) is 11.1 Å². The van der Waals surface area contributed by atoms with E-state index in [0.29, 0.717) is 11.8 Å². The number of hydrogen-bond donors (Lipinski definition) is 0. The van der Waals surface area contributed by atoms with Gasteiger partial charge in [0, 0.05) is 56.7 Å². The minimum Gasteiger partial charge on any atom is -0.424 e. The standard InChI is InChI=1S/C25H27N7O/c1-19-7-8-22(16-24(19)33-25-26-9-4-10-27-25)32-18-23(28-29-32)21-6-3-5-20(15-21)17-31-13-11-30(2)12-14-31/h3-10,15-16,18H,11-14,17H2,1-2H3. The molecule has 1 saturated heterocycles. The van der Waals surface area contributed by atoms with Gasteiger partial charge in [-0.3, -0.25) is 4.90 Å². The lowest BCUT2D eigenvalue weighted by atomic mass is 10.1. The molecule has 0 saturated carbocycles. The maximum Gasteiger partial charge on any atom is 0.321 e. The highest BCUT2D eigenvalue weighted by molar-refractivity contribution is 5.59. The molecule has 1 aliphatic heterocycles. The van der Waals surface area contributed by atoms with E-state index in [9.17, 15) is 0 Å². The van der Waals surface area contributed by atoms with Crippen LogP contribution in [-0.4, -0.2) is 68.0 Å². The number of nitrogens with zero attached hydrogens (tertiary/aromatic N) is 7. The van der Waals surface area contributed by atoms with Crippen molar-refractivity contribution in [1.82, 2.24) is 34.8 Å². The Labute approximate surface area is 193 Å². The molecule has 8 nitrogen and oxygen atoms in total. The molecule has 0 unspecified atom stereocenters. The summed E-state index contributed by atoms with van der Waals surface area (Å²) in [4.78, 5) is 13.2. The molecule has 2 aromatic carbocycles. The molecule has 0 amide bonds. The third-order valence-corrected chi connectivity index (χ3v) is 5.90. The van der Waals surface area contributed by atoms with Gasteiger partial charge in [-0.2, -0.15) is 0 Å². The molecule has 168 valence electrons. The van der Waals surface area contributed by atoms with Crippen molar-refractivity contribution in [3.8, 4) is 28.7 Å². The van der Waals surface area contributed by atoms with Crippen LogP contribution in [0, 0.1) is 6.92 Å². The molecule has 0 radical (unpaired) electrons. The van der Waals surface area contributed by atoms with Crippen LogP contribution in [0.2, 0.25) is 0 Å². The second-order valence-electron chi connectivity index (χ2n) is 8.41. The van der Waals surface area contributed by atoms with E-state index < -0.39 is 0 Å². The molecule has 0 N–H and O–H groups in total. The Hall–Kier alpha value is -3.62. The zero-order valence-electron chi connectivity index (χ0n) is 18.9. The molecule has 4 aromatic rings. The van der Waals surface area contributed by atoms with E-state index >= 15 is 0 Å². The van der Waals surface area contributed by atoms with Gasteiger partial charge in [0.2, 0.25) is 0 Å². The Balaban J connectivity index is 1.34.